The van der Waals surface area contributed by atoms with E-state index in [0.29, 0.717) is 24.8 Å². The molecule has 9 nitrogen and oxygen atoms in total. The number of aliphatic carboxylic acids is 1. The van der Waals surface area contributed by atoms with Crippen molar-refractivity contribution in [2.75, 3.05) is 0 Å². The Morgan fingerprint density at radius 1 is 0.811 bits per heavy atom. The molecule has 0 amide bonds. The number of benzene rings is 1. The van der Waals surface area contributed by atoms with Gasteiger partial charge in [0, 0.05) is 31.1 Å². The Kier molecular flexibility index (Phi) is 14.5. The highest BCUT2D eigenvalue weighted by atomic mass is 16.6. The third kappa shape index (κ3) is 10.9. The molecule has 0 aliphatic carbocycles. The molecule has 1 aromatic rings. The molecule has 1 rings (SSSR count). The smallest absolute Gasteiger partial charge is 0.321 e. The maximum atomic E-state index is 12.4. The van der Waals surface area contributed by atoms with E-state index < -0.39 is 41.9 Å². The van der Waals surface area contributed by atoms with E-state index in [-0.39, 0.29) is 36.7 Å². The summed E-state index contributed by atoms with van der Waals surface area (Å²) in [6.07, 6.45) is 4.51. The summed E-state index contributed by atoms with van der Waals surface area (Å²) in [4.78, 5) is 48.8. The molecular formula is C28H43NO8. The van der Waals surface area contributed by atoms with Gasteiger partial charge in [-0.1, -0.05) is 53.0 Å². The summed E-state index contributed by atoms with van der Waals surface area (Å²) >= 11 is 0. The van der Waals surface area contributed by atoms with Crippen molar-refractivity contribution in [3.63, 3.8) is 0 Å². The van der Waals surface area contributed by atoms with Crippen LogP contribution in [0.1, 0.15) is 104 Å². The number of hydrogen-bond donors (Lipinski definition) is 2. The van der Waals surface area contributed by atoms with Gasteiger partial charge in [-0.25, -0.2) is 0 Å². The monoisotopic (exact) mass is 521 g/mol. The molecule has 1 aromatic carbocycles. The average molecular weight is 522 g/mol. The van der Waals surface area contributed by atoms with Crippen molar-refractivity contribution in [2.45, 2.75) is 110 Å². The van der Waals surface area contributed by atoms with Gasteiger partial charge < -0.3 is 25.1 Å². The molecule has 0 fully saturated rings. The molecule has 0 aliphatic heterocycles. The van der Waals surface area contributed by atoms with Crippen LogP contribution in [0.15, 0.2) is 18.2 Å². The number of esters is 3. The number of nitrogens with two attached hydrogens (primary N) is 1. The lowest BCUT2D eigenvalue weighted by Crippen LogP contribution is -2.42. The summed E-state index contributed by atoms with van der Waals surface area (Å²) < 4.78 is 16.6. The Morgan fingerprint density at radius 2 is 1.30 bits per heavy atom. The second-order valence-corrected chi connectivity index (χ2v) is 9.41. The van der Waals surface area contributed by atoms with E-state index in [9.17, 15) is 24.3 Å². The molecule has 0 saturated heterocycles. The summed E-state index contributed by atoms with van der Waals surface area (Å²) in [5.74, 6) is -3.71. The van der Waals surface area contributed by atoms with Gasteiger partial charge >= 0.3 is 23.9 Å². The fourth-order valence-corrected chi connectivity index (χ4v) is 3.86. The van der Waals surface area contributed by atoms with Crippen molar-refractivity contribution in [3.05, 3.63) is 23.8 Å². The average Bonchev–Trinajstić information content (AvgIpc) is 2.86. The lowest BCUT2D eigenvalue weighted by atomic mass is 9.79. The lowest BCUT2D eigenvalue weighted by molar-refractivity contribution is -0.151. The van der Waals surface area contributed by atoms with Gasteiger partial charge in [-0.3, -0.25) is 19.2 Å². The van der Waals surface area contributed by atoms with Crippen molar-refractivity contribution in [3.8, 4) is 11.5 Å². The minimum Gasteiger partial charge on any atom is -0.480 e. The summed E-state index contributed by atoms with van der Waals surface area (Å²) in [6.45, 7) is 9.34. The molecule has 0 bridgehead atoms. The van der Waals surface area contributed by atoms with Crippen LogP contribution in [-0.4, -0.2) is 41.1 Å². The zero-order chi connectivity index (χ0) is 28.0. The topological polar surface area (TPSA) is 142 Å². The standard InChI is InChI=1S/C28H43NO8/c1-6-9-12-23(30)35-19(5)18(4)26(27(29)28(33)34)20-15-16-21(36-24(31)13-10-7-2)22(17-20)37-25(32)14-11-8-3/h15-19,26-27H,6-14,29H2,1-5H3,(H,33,34)/t18?,19?,26?,27-/m0/s1. The van der Waals surface area contributed by atoms with E-state index in [0.717, 1.165) is 19.3 Å². The molecule has 37 heavy (non-hydrogen) atoms. The van der Waals surface area contributed by atoms with Crippen LogP contribution in [0.25, 0.3) is 0 Å². The van der Waals surface area contributed by atoms with E-state index >= 15 is 0 Å². The number of unbranched alkanes of at least 4 members (excludes halogenated alkanes) is 3. The van der Waals surface area contributed by atoms with Gasteiger partial charge in [0.25, 0.3) is 0 Å². The minimum absolute atomic E-state index is 0.0193. The van der Waals surface area contributed by atoms with Crippen LogP contribution in [0, 0.1) is 5.92 Å². The Balaban J connectivity index is 3.36. The van der Waals surface area contributed by atoms with E-state index in [1.165, 1.54) is 12.1 Å². The normalized spacial score (nSPS) is 14.2. The maximum absolute atomic E-state index is 12.4. The molecule has 0 aliphatic rings. The van der Waals surface area contributed by atoms with Crippen LogP contribution in [0.5, 0.6) is 11.5 Å². The quantitative estimate of drug-likeness (QED) is 0.211. The lowest BCUT2D eigenvalue weighted by Gasteiger charge is -2.32. The fraction of sp³-hybridized carbons (Fsp3) is 0.643. The highest BCUT2D eigenvalue weighted by Gasteiger charge is 2.35. The van der Waals surface area contributed by atoms with Crippen LogP contribution in [0.4, 0.5) is 0 Å². The first-order valence-corrected chi connectivity index (χ1v) is 13.3. The predicted octanol–water partition coefficient (Wildman–Crippen LogP) is 5.13. The van der Waals surface area contributed by atoms with Gasteiger partial charge in [0.15, 0.2) is 11.5 Å². The Bertz CT molecular complexity index is 900. The second kappa shape index (κ2) is 16.7. The third-order valence-corrected chi connectivity index (χ3v) is 6.30. The number of carboxylic acids is 1. The largest absolute Gasteiger partial charge is 0.480 e. The number of carboxylic acid groups (broad SMARTS) is 1. The molecular weight excluding hydrogens is 478 g/mol. The van der Waals surface area contributed by atoms with Crippen molar-refractivity contribution in [1.82, 2.24) is 0 Å². The number of rotatable bonds is 17. The van der Waals surface area contributed by atoms with Gasteiger partial charge in [-0.05, 0) is 43.9 Å². The second-order valence-electron chi connectivity index (χ2n) is 9.41. The van der Waals surface area contributed by atoms with Crippen molar-refractivity contribution in [1.29, 1.82) is 0 Å². The molecule has 0 spiro atoms. The molecule has 4 atom stereocenters. The first-order chi connectivity index (χ1) is 17.5. The maximum Gasteiger partial charge on any atom is 0.321 e. The van der Waals surface area contributed by atoms with Crippen molar-refractivity contribution in [2.24, 2.45) is 11.7 Å². The van der Waals surface area contributed by atoms with Crippen LogP contribution < -0.4 is 15.2 Å². The first kappa shape index (κ1) is 32.1. The number of carbonyl (C=O) groups is 4. The van der Waals surface area contributed by atoms with Gasteiger partial charge in [0.2, 0.25) is 0 Å². The van der Waals surface area contributed by atoms with E-state index in [1.807, 2.05) is 20.8 Å². The van der Waals surface area contributed by atoms with Gasteiger partial charge in [-0.2, -0.15) is 0 Å². The number of carbonyl (C=O) groups excluding carboxylic acids is 3. The number of ether oxygens (including phenoxy) is 3. The molecule has 0 radical (unpaired) electrons. The molecule has 3 unspecified atom stereocenters. The van der Waals surface area contributed by atoms with Crippen LogP contribution in [-0.2, 0) is 23.9 Å². The Morgan fingerprint density at radius 3 is 1.78 bits per heavy atom. The summed E-state index contributed by atoms with van der Waals surface area (Å²) in [5.41, 5.74) is 6.56. The van der Waals surface area contributed by atoms with Crippen molar-refractivity contribution < 1.29 is 38.5 Å². The van der Waals surface area contributed by atoms with E-state index in [4.69, 9.17) is 19.9 Å². The summed E-state index contributed by atoms with van der Waals surface area (Å²) in [5, 5.41) is 9.72. The molecule has 0 heterocycles. The first-order valence-electron chi connectivity index (χ1n) is 13.3. The highest BCUT2D eigenvalue weighted by molar-refractivity contribution is 5.77. The van der Waals surface area contributed by atoms with Crippen LogP contribution in [0.2, 0.25) is 0 Å². The number of hydrogen-bond acceptors (Lipinski definition) is 8. The van der Waals surface area contributed by atoms with Gasteiger partial charge in [0.1, 0.15) is 12.1 Å². The van der Waals surface area contributed by atoms with E-state index in [1.54, 1.807) is 19.9 Å². The molecule has 9 heteroatoms. The van der Waals surface area contributed by atoms with Gasteiger partial charge in [-0.15, -0.1) is 0 Å². The Labute approximate surface area is 220 Å². The third-order valence-electron chi connectivity index (χ3n) is 6.30. The molecule has 208 valence electrons. The highest BCUT2D eigenvalue weighted by Crippen LogP contribution is 2.37. The van der Waals surface area contributed by atoms with Crippen LogP contribution in [0.3, 0.4) is 0 Å². The molecule has 0 saturated carbocycles. The van der Waals surface area contributed by atoms with Gasteiger partial charge in [0.05, 0.1) is 0 Å². The molecule has 3 N–H and O–H groups in total. The van der Waals surface area contributed by atoms with E-state index in [2.05, 4.69) is 0 Å². The minimum atomic E-state index is -1.33. The van der Waals surface area contributed by atoms with Crippen LogP contribution >= 0.6 is 0 Å². The van der Waals surface area contributed by atoms with Crippen molar-refractivity contribution >= 4 is 23.9 Å². The SMILES string of the molecule is CCCCC(=O)Oc1ccc(C(C(C)C(C)OC(=O)CCCC)[C@H](N)C(=O)O)cc1OC(=O)CCCC. The fourth-order valence-electron chi connectivity index (χ4n) is 3.86. The predicted molar refractivity (Wildman–Crippen MR) is 139 cm³/mol. The Hall–Kier alpha value is -2.94. The summed E-state index contributed by atoms with van der Waals surface area (Å²) in [7, 11) is 0. The zero-order valence-corrected chi connectivity index (χ0v) is 22.8. The summed E-state index contributed by atoms with van der Waals surface area (Å²) in [6, 6.07) is 3.24. The zero-order valence-electron chi connectivity index (χ0n) is 22.8. The molecule has 0 aromatic heterocycles.